The highest BCUT2D eigenvalue weighted by Gasteiger charge is 2.23. The van der Waals surface area contributed by atoms with Crippen LogP contribution in [-0.4, -0.2) is 22.7 Å². The van der Waals surface area contributed by atoms with E-state index in [2.05, 4.69) is 15.9 Å². The van der Waals surface area contributed by atoms with E-state index in [1.807, 2.05) is 0 Å². The lowest BCUT2D eigenvalue weighted by Gasteiger charge is -2.15. The number of carboxylic acid groups (broad SMARTS) is 1. The number of ether oxygens (including phenoxy) is 1. The van der Waals surface area contributed by atoms with Crippen LogP contribution in [0.3, 0.4) is 0 Å². The summed E-state index contributed by atoms with van der Waals surface area (Å²) in [5.41, 5.74) is 0.0736. The van der Waals surface area contributed by atoms with Gasteiger partial charge in [-0.05, 0) is 43.7 Å². The van der Waals surface area contributed by atoms with Gasteiger partial charge in [0, 0.05) is 0 Å². The van der Waals surface area contributed by atoms with Crippen LogP contribution in [0.1, 0.15) is 24.2 Å². The number of halogens is 1. The lowest BCUT2D eigenvalue weighted by atomic mass is 10.1. The molecule has 17 heavy (non-hydrogen) atoms. The molecule has 0 radical (unpaired) electrons. The van der Waals surface area contributed by atoms with E-state index in [0.717, 1.165) is 0 Å². The van der Waals surface area contributed by atoms with Crippen LogP contribution in [0, 0.1) is 0 Å². The van der Waals surface area contributed by atoms with Crippen LogP contribution >= 0.6 is 15.9 Å². The van der Waals surface area contributed by atoms with Crippen molar-refractivity contribution in [3.8, 4) is 5.75 Å². The molecule has 92 valence electrons. The summed E-state index contributed by atoms with van der Waals surface area (Å²) in [5, 5.41) is 10.5. The summed E-state index contributed by atoms with van der Waals surface area (Å²) >= 11 is 3.23. The third-order valence-corrected chi connectivity index (χ3v) is 2.57. The molecule has 4 nitrogen and oxygen atoms in total. The minimum atomic E-state index is -1.24. The lowest BCUT2D eigenvalue weighted by Crippen LogP contribution is -2.29. The summed E-state index contributed by atoms with van der Waals surface area (Å²) in [6, 6.07) is 5.71. The van der Waals surface area contributed by atoms with E-state index >= 15 is 0 Å². The molecule has 0 unspecified atom stereocenters. The fourth-order valence-electron chi connectivity index (χ4n) is 1.01. The van der Waals surface area contributed by atoms with Gasteiger partial charge >= 0.3 is 0 Å². The minimum absolute atomic E-state index is 0.0665. The summed E-state index contributed by atoms with van der Waals surface area (Å²) in [7, 11) is 0. The summed E-state index contributed by atoms with van der Waals surface area (Å²) in [5.74, 6) is -0.893. The molecule has 0 spiro atoms. The van der Waals surface area contributed by atoms with Gasteiger partial charge in [-0.15, -0.1) is 0 Å². The molecule has 0 bridgehead atoms. The highest BCUT2D eigenvalue weighted by atomic mass is 79.9. The van der Waals surface area contributed by atoms with Crippen LogP contribution in [-0.2, 0) is 4.79 Å². The quantitative estimate of drug-likeness (QED) is 0.766. The third kappa shape index (κ3) is 4.19. The summed E-state index contributed by atoms with van der Waals surface area (Å²) < 4.78 is 4.61. The Kier molecular flexibility index (Phi) is 4.28. The van der Waals surface area contributed by atoms with Crippen LogP contribution in [0.2, 0.25) is 0 Å². The zero-order chi connectivity index (χ0) is 13.1. The van der Waals surface area contributed by atoms with Crippen molar-refractivity contribution < 1.29 is 19.4 Å². The Labute approximate surface area is 108 Å². The molecule has 0 atom stereocenters. The molecule has 0 fully saturated rings. The predicted molar refractivity (Wildman–Crippen MR) is 64.3 cm³/mol. The molecule has 0 N–H and O–H groups in total. The van der Waals surface area contributed by atoms with E-state index in [0.29, 0.717) is 5.75 Å². The molecular formula is C12H12BrO4-. The van der Waals surface area contributed by atoms with Crippen LogP contribution in [0.4, 0.5) is 0 Å². The number of carboxylic acids is 1. The largest absolute Gasteiger partial charge is 0.545 e. The van der Waals surface area contributed by atoms with Gasteiger partial charge in [-0.25, -0.2) is 0 Å². The standard InChI is InChI=1S/C12H13BrO4/c1-12(2,13)10(14)7-17-9-5-3-8(4-6-9)11(15)16/h3-6H,7H2,1-2H3,(H,15,16)/p-1. The molecule has 0 saturated carbocycles. The molecule has 0 aliphatic heterocycles. The van der Waals surface area contributed by atoms with Crippen LogP contribution in [0.25, 0.3) is 0 Å². The molecule has 5 heteroatoms. The molecule has 1 aromatic rings. The second kappa shape index (κ2) is 5.31. The van der Waals surface area contributed by atoms with E-state index in [9.17, 15) is 14.7 Å². The van der Waals surface area contributed by atoms with Crippen LogP contribution in [0.5, 0.6) is 5.75 Å². The van der Waals surface area contributed by atoms with Crippen molar-refractivity contribution in [2.24, 2.45) is 0 Å². The highest BCUT2D eigenvalue weighted by molar-refractivity contribution is 9.10. The van der Waals surface area contributed by atoms with Crippen molar-refractivity contribution in [3.63, 3.8) is 0 Å². The molecule has 0 aliphatic carbocycles. The maximum atomic E-state index is 11.5. The van der Waals surface area contributed by atoms with Crippen molar-refractivity contribution >= 4 is 27.7 Å². The summed E-state index contributed by atoms with van der Waals surface area (Å²) in [6.07, 6.45) is 0. The first-order valence-electron chi connectivity index (χ1n) is 4.97. The van der Waals surface area contributed by atoms with E-state index in [4.69, 9.17) is 4.74 Å². The molecular weight excluding hydrogens is 288 g/mol. The molecule has 0 saturated heterocycles. The average molecular weight is 300 g/mol. The summed E-state index contributed by atoms with van der Waals surface area (Å²) in [6.45, 7) is 3.40. The van der Waals surface area contributed by atoms with Crippen molar-refractivity contribution in [2.45, 2.75) is 18.2 Å². The van der Waals surface area contributed by atoms with Crippen molar-refractivity contribution in [1.29, 1.82) is 0 Å². The predicted octanol–water partition coefficient (Wildman–Crippen LogP) is 1.17. The highest BCUT2D eigenvalue weighted by Crippen LogP contribution is 2.18. The second-order valence-electron chi connectivity index (χ2n) is 4.00. The number of carbonyl (C=O) groups is 2. The van der Waals surface area contributed by atoms with Gasteiger partial charge in [0.05, 0.1) is 10.3 Å². The SMILES string of the molecule is CC(C)(Br)C(=O)COc1ccc(C(=O)[O-])cc1. The van der Waals surface area contributed by atoms with Gasteiger partial charge in [0.15, 0.2) is 5.78 Å². The number of Topliss-reactive ketones (excluding diaryl/α,β-unsaturated/α-hetero) is 1. The number of hydrogen-bond acceptors (Lipinski definition) is 4. The first-order valence-corrected chi connectivity index (χ1v) is 5.76. The van der Waals surface area contributed by atoms with Gasteiger partial charge in [0.25, 0.3) is 0 Å². The fraction of sp³-hybridized carbons (Fsp3) is 0.333. The normalized spacial score (nSPS) is 11.0. The number of benzene rings is 1. The zero-order valence-corrected chi connectivity index (χ0v) is 11.1. The Morgan fingerprint density at radius 3 is 2.24 bits per heavy atom. The molecule has 1 rings (SSSR count). The Morgan fingerprint density at radius 1 is 1.29 bits per heavy atom. The van der Waals surface area contributed by atoms with Crippen molar-refractivity contribution in [2.75, 3.05) is 6.61 Å². The Balaban J connectivity index is 2.59. The van der Waals surface area contributed by atoms with E-state index < -0.39 is 10.3 Å². The van der Waals surface area contributed by atoms with E-state index in [1.165, 1.54) is 24.3 Å². The zero-order valence-electron chi connectivity index (χ0n) is 9.53. The van der Waals surface area contributed by atoms with Crippen molar-refractivity contribution in [1.82, 2.24) is 0 Å². The third-order valence-electron chi connectivity index (χ3n) is 2.12. The molecule has 0 aliphatic rings. The van der Waals surface area contributed by atoms with E-state index in [1.54, 1.807) is 13.8 Å². The maximum Gasteiger partial charge on any atom is 0.186 e. The van der Waals surface area contributed by atoms with Crippen LogP contribution < -0.4 is 9.84 Å². The van der Waals surface area contributed by atoms with Gasteiger partial charge in [0.1, 0.15) is 12.4 Å². The van der Waals surface area contributed by atoms with Crippen LogP contribution in [0.15, 0.2) is 24.3 Å². The smallest absolute Gasteiger partial charge is 0.186 e. The van der Waals surface area contributed by atoms with Gasteiger partial charge in [-0.1, -0.05) is 15.9 Å². The number of ketones is 1. The average Bonchev–Trinajstić information content (AvgIpc) is 2.25. The van der Waals surface area contributed by atoms with Gasteiger partial charge in [-0.3, -0.25) is 4.79 Å². The molecule has 0 heterocycles. The Hall–Kier alpha value is -1.36. The van der Waals surface area contributed by atoms with Gasteiger partial charge in [-0.2, -0.15) is 0 Å². The van der Waals surface area contributed by atoms with Gasteiger partial charge in [0.2, 0.25) is 0 Å². The second-order valence-corrected chi connectivity index (χ2v) is 5.98. The molecule has 0 amide bonds. The van der Waals surface area contributed by atoms with Gasteiger partial charge < -0.3 is 14.6 Å². The number of carbonyl (C=O) groups excluding carboxylic acids is 2. The lowest BCUT2D eigenvalue weighted by molar-refractivity contribution is -0.255. The number of rotatable bonds is 5. The summed E-state index contributed by atoms with van der Waals surface area (Å²) in [4.78, 5) is 22.0. The number of hydrogen-bond donors (Lipinski definition) is 0. The maximum absolute atomic E-state index is 11.5. The number of aromatic carboxylic acids is 1. The molecule has 0 aromatic heterocycles. The topological polar surface area (TPSA) is 66.4 Å². The Morgan fingerprint density at radius 2 is 1.82 bits per heavy atom. The fourth-order valence-corrected chi connectivity index (χ4v) is 1.12. The molecule has 1 aromatic carbocycles. The number of alkyl halides is 1. The van der Waals surface area contributed by atoms with Crippen molar-refractivity contribution in [3.05, 3.63) is 29.8 Å². The minimum Gasteiger partial charge on any atom is -0.545 e. The first kappa shape index (κ1) is 13.7. The Bertz CT molecular complexity index is 417. The van der Waals surface area contributed by atoms with E-state index in [-0.39, 0.29) is 18.0 Å². The first-order chi connectivity index (χ1) is 7.80. The monoisotopic (exact) mass is 299 g/mol.